The molecule has 1 unspecified atom stereocenters. The summed E-state index contributed by atoms with van der Waals surface area (Å²) in [5.41, 5.74) is 0.308. The Morgan fingerprint density at radius 3 is 2.75 bits per heavy atom. The van der Waals surface area contributed by atoms with Crippen LogP contribution in [0.5, 0.6) is 5.75 Å². The number of hydrogen-bond donors (Lipinski definition) is 4. The Kier molecular flexibility index (Phi) is 4.97. The molecule has 1 atom stereocenters. The quantitative estimate of drug-likeness (QED) is 0.586. The molecule has 0 spiro atoms. The van der Waals surface area contributed by atoms with Gasteiger partial charge in [-0.15, -0.1) is 0 Å². The molecule has 0 aliphatic heterocycles. The van der Waals surface area contributed by atoms with Crippen LogP contribution >= 0.6 is 22.6 Å². The normalized spacial score (nSPS) is 12.2. The number of carbonyl (C=O) groups is 1. The van der Waals surface area contributed by atoms with E-state index in [1.165, 1.54) is 6.07 Å². The molecule has 1 aromatic carbocycles. The number of rotatable bonds is 4. The molecular weight excluding hydrogens is 325 g/mol. The van der Waals surface area contributed by atoms with Crippen LogP contribution in [-0.2, 0) is 0 Å². The lowest BCUT2D eigenvalue weighted by Crippen LogP contribution is -2.33. The van der Waals surface area contributed by atoms with Gasteiger partial charge in [-0.05, 0) is 40.8 Å². The molecule has 0 saturated heterocycles. The molecular formula is C10H12INO4. The predicted octanol–water partition coefficient (Wildman–Crippen LogP) is 0.0798. The maximum atomic E-state index is 11.5. The minimum absolute atomic E-state index is 0.0257. The Labute approximate surface area is 106 Å². The van der Waals surface area contributed by atoms with Crippen LogP contribution in [0.15, 0.2) is 18.2 Å². The zero-order valence-corrected chi connectivity index (χ0v) is 10.5. The third-order valence-corrected chi connectivity index (χ3v) is 2.83. The first-order valence-corrected chi connectivity index (χ1v) is 5.68. The van der Waals surface area contributed by atoms with Gasteiger partial charge in [0, 0.05) is 12.1 Å². The van der Waals surface area contributed by atoms with E-state index in [0.717, 1.165) is 0 Å². The number of phenols is 1. The monoisotopic (exact) mass is 337 g/mol. The van der Waals surface area contributed by atoms with E-state index in [1.54, 1.807) is 12.1 Å². The van der Waals surface area contributed by atoms with Crippen molar-refractivity contribution in [1.29, 1.82) is 0 Å². The van der Waals surface area contributed by atoms with Gasteiger partial charge in [-0.3, -0.25) is 4.79 Å². The molecule has 0 fully saturated rings. The topological polar surface area (TPSA) is 89.8 Å². The Morgan fingerprint density at radius 1 is 1.50 bits per heavy atom. The van der Waals surface area contributed by atoms with Crippen molar-refractivity contribution in [2.75, 3.05) is 13.2 Å². The molecule has 88 valence electrons. The molecule has 0 saturated carbocycles. The number of benzene rings is 1. The van der Waals surface area contributed by atoms with E-state index in [1.807, 2.05) is 22.6 Å². The highest BCUT2D eigenvalue weighted by Crippen LogP contribution is 2.20. The van der Waals surface area contributed by atoms with Crippen molar-refractivity contribution in [3.05, 3.63) is 27.3 Å². The van der Waals surface area contributed by atoms with Crippen molar-refractivity contribution >= 4 is 28.5 Å². The smallest absolute Gasteiger partial charge is 0.251 e. The molecule has 16 heavy (non-hydrogen) atoms. The van der Waals surface area contributed by atoms with E-state index >= 15 is 0 Å². The van der Waals surface area contributed by atoms with E-state index in [-0.39, 0.29) is 12.3 Å². The molecule has 0 aliphatic rings. The highest BCUT2D eigenvalue weighted by molar-refractivity contribution is 14.1. The number of amides is 1. The van der Waals surface area contributed by atoms with E-state index < -0.39 is 18.6 Å². The van der Waals surface area contributed by atoms with Gasteiger partial charge in [0.15, 0.2) is 0 Å². The number of phenolic OH excluding ortho intramolecular Hbond substituents is 1. The van der Waals surface area contributed by atoms with Crippen LogP contribution in [0.25, 0.3) is 0 Å². The Morgan fingerprint density at radius 2 is 2.19 bits per heavy atom. The van der Waals surface area contributed by atoms with Gasteiger partial charge >= 0.3 is 0 Å². The fourth-order valence-electron chi connectivity index (χ4n) is 1.03. The molecule has 1 aromatic rings. The van der Waals surface area contributed by atoms with Gasteiger partial charge in [-0.25, -0.2) is 0 Å². The predicted molar refractivity (Wildman–Crippen MR) is 66.2 cm³/mol. The summed E-state index contributed by atoms with van der Waals surface area (Å²) in [7, 11) is 0. The van der Waals surface area contributed by atoms with Crippen LogP contribution < -0.4 is 5.32 Å². The summed E-state index contributed by atoms with van der Waals surface area (Å²) in [6.07, 6.45) is -0.971. The second kappa shape index (κ2) is 6.02. The van der Waals surface area contributed by atoms with Crippen LogP contribution in [0.3, 0.4) is 0 Å². The molecule has 0 aromatic heterocycles. The molecule has 0 heterocycles. The van der Waals surface area contributed by atoms with E-state index in [9.17, 15) is 9.90 Å². The number of aromatic hydroxyl groups is 1. The van der Waals surface area contributed by atoms with Crippen molar-refractivity contribution in [2.24, 2.45) is 0 Å². The number of aliphatic hydroxyl groups is 2. The van der Waals surface area contributed by atoms with Crippen LogP contribution in [0, 0.1) is 3.57 Å². The summed E-state index contributed by atoms with van der Waals surface area (Å²) in [5, 5.41) is 29.4. The second-order valence-corrected chi connectivity index (χ2v) is 4.37. The molecule has 0 radical (unpaired) electrons. The molecule has 4 N–H and O–H groups in total. The third kappa shape index (κ3) is 3.62. The van der Waals surface area contributed by atoms with Gasteiger partial charge < -0.3 is 20.6 Å². The first-order valence-electron chi connectivity index (χ1n) is 4.60. The van der Waals surface area contributed by atoms with Gasteiger partial charge in [-0.2, -0.15) is 0 Å². The van der Waals surface area contributed by atoms with Crippen molar-refractivity contribution in [2.45, 2.75) is 6.10 Å². The first kappa shape index (κ1) is 13.2. The SMILES string of the molecule is O=C(NCC(O)CO)c1ccc(I)c(O)c1. The molecule has 0 aliphatic carbocycles. The zero-order valence-electron chi connectivity index (χ0n) is 8.35. The summed E-state index contributed by atoms with van der Waals surface area (Å²) in [5.74, 6) is -0.366. The first-order chi connectivity index (χ1) is 7.54. The lowest BCUT2D eigenvalue weighted by molar-refractivity contribution is 0.0801. The molecule has 0 bridgehead atoms. The lowest BCUT2D eigenvalue weighted by Gasteiger charge is -2.09. The van der Waals surface area contributed by atoms with Crippen molar-refractivity contribution in [3.63, 3.8) is 0 Å². The number of aliphatic hydroxyl groups excluding tert-OH is 2. The maximum Gasteiger partial charge on any atom is 0.251 e. The van der Waals surface area contributed by atoms with Gasteiger partial charge in [0.2, 0.25) is 0 Å². The highest BCUT2D eigenvalue weighted by Gasteiger charge is 2.09. The van der Waals surface area contributed by atoms with Crippen LogP contribution in [0.4, 0.5) is 0 Å². The Bertz CT molecular complexity index is 383. The summed E-state index contributed by atoms with van der Waals surface area (Å²) in [6.45, 7) is -0.430. The van der Waals surface area contributed by atoms with Crippen molar-refractivity contribution < 1.29 is 20.1 Å². The fourth-order valence-corrected chi connectivity index (χ4v) is 1.37. The van der Waals surface area contributed by atoms with E-state index in [0.29, 0.717) is 9.13 Å². The average molecular weight is 337 g/mol. The van der Waals surface area contributed by atoms with Crippen molar-refractivity contribution in [1.82, 2.24) is 5.32 Å². The molecule has 1 amide bonds. The minimum atomic E-state index is -0.971. The molecule has 6 heteroatoms. The Balaban J connectivity index is 2.63. The van der Waals surface area contributed by atoms with Crippen LogP contribution in [-0.4, -0.2) is 40.5 Å². The van der Waals surface area contributed by atoms with E-state index in [4.69, 9.17) is 10.2 Å². The summed E-state index contributed by atoms with van der Waals surface area (Å²) in [6, 6.07) is 4.54. The second-order valence-electron chi connectivity index (χ2n) is 3.21. The summed E-state index contributed by atoms with van der Waals surface area (Å²) in [4.78, 5) is 11.5. The summed E-state index contributed by atoms with van der Waals surface area (Å²) < 4.78 is 0.657. The Hall–Kier alpha value is -0.860. The van der Waals surface area contributed by atoms with Gasteiger partial charge in [-0.1, -0.05) is 0 Å². The lowest BCUT2D eigenvalue weighted by atomic mass is 10.2. The summed E-state index contributed by atoms with van der Waals surface area (Å²) >= 11 is 1.95. The number of halogens is 1. The maximum absolute atomic E-state index is 11.5. The number of hydrogen-bond acceptors (Lipinski definition) is 4. The highest BCUT2D eigenvalue weighted by atomic mass is 127. The zero-order chi connectivity index (χ0) is 12.1. The van der Waals surface area contributed by atoms with Crippen molar-refractivity contribution in [3.8, 4) is 5.75 Å². The molecule has 5 nitrogen and oxygen atoms in total. The van der Waals surface area contributed by atoms with Gasteiger partial charge in [0.1, 0.15) is 5.75 Å². The standard InChI is InChI=1S/C10H12INO4/c11-8-2-1-6(3-9(8)15)10(16)12-4-7(14)5-13/h1-3,7,13-15H,4-5H2,(H,12,16). The van der Waals surface area contributed by atoms with Gasteiger partial charge in [0.25, 0.3) is 5.91 Å². The fraction of sp³-hybridized carbons (Fsp3) is 0.300. The third-order valence-electron chi connectivity index (χ3n) is 1.92. The van der Waals surface area contributed by atoms with Crippen LogP contribution in [0.2, 0.25) is 0 Å². The number of carbonyl (C=O) groups excluding carboxylic acids is 1. The average Bonchev–Trinajstić information content (AvgIpc) is 2.29. The minimum Gasteiger partial charge on any atom is -0.507 e. The number of nitrogens with one attached hydrogen (secondary N) is 1. The van der Waals surface area contributed by atoms with Gasteiger partial charge in [0.05, 0.1) is 16.3 Å². The van der Waals surface area contributed by atoms with Crippen LogP contribution in [0.1, 0.15) is 10.4 Å². The molecule has 1 rings (SSSR count). The largest absolute Gasteiger partial charge is 0.507 e. The van der Waals surface area contributed by atoms with E-state index in [2.05, 4.69) is 5.32 Å².